The second kappa shape index (κ2) is 7.07. The quantitative estimate of drug-likeness (QED) is 0.760. The number of benzene rings is 2. The first-order valence-electron chi connectivity index (χ1n) is 7.53. The molecule has 0 aliphatic heterocycles. The molecule has 0 radical (unpaired) electrons. The molecular formula is C18H18N2O3. The molecule has 2 aromatic carbocycles. The van der Waals surface area contributed by atoms with Crippen molar-refractivity contribution < 1.29 is 9.47 Å². The van der Waals surface area contributed by atoms with Crippen molar-refractivity contribution in [2.75, 3.05) is 6.61 Å². The van der Waals surface area contributed by atoms with Gasteiger partial charge in [-0.05, 0) is 30.7 Å². The van der Waals surface area contributed by atoms with E-state index in [4.69, 9.17) is 9.47 Å². The lowest BCUT2D eigenvalue weighted by molar-refractivity contribution is 0.105. The lowest BCUT2D eigenvalue weighted by Crippen LogP contribution is -2.12. The number of ether oxygens (including phenoxy) is 2. The fourth-order valence-corrected chi connectivity index (χ4v) is 2.41. The summed E-state index contributed by atoms with van der Waals surface area (Å²) in [5.74, 6) is 0.674. The monoisotopic (exact) mass is 310 g/mol. The van der Waals surface area contributed by atoms with Crippen molar-refractivity contribution in [1.82, 2.24) is 10.2 Å². The van der Waals surface area contributed by atoms with E-state index in [2.05, 4.69) is 10.2 Å². The fraction of sp³-hybridized carbons (Fsp3) is 0.222. The molecule has 3 aromatic rings. The van der Waals surface area contributed by atoms with Crippen LogP contribution in [0.5, 0.6) is 5.75 Å². The van der Waals surface area contributed by atoms with Gasteiger partial charge in [0.2, 0.25) is 0 Å². The molecule has 0 atom stereocenters. The number of hydrogen-bond acceptors (Lipinski definition) is 4. The number of rotatable bonds is 6. The molecule has 0 aliphatic rings. The number of H-pyrrole nitrogens is 1. The molecule has 3 rings (SSSR count). The van der Waals surface area contributed by atoms with Crippen LogP contribution in [0.4, 0.5) is 0 Å². The Kier molecular flexibility index (Phi) is 4.68. The van der Waals surface area contributed by atoms with Crippen molar-refractivity contribution in [2.24, 2.45) is 0 Å². The van der Waals surface area contributed by atoms with E-state index in [1.165, 1.54) is 0 Å². The SMILES string of the molecule is CCOc1ccc2c(COCc3ccccc3)n[nH]c(=O)c2c1. The number of aromatic amines is 1. The van der Waals surface area contributed by atoms with Crippen LogP contribution in [0.25, 0.3) is 10.8 Å². The third-order valence-electron chi connectivity index (χ3n) is 3.50. The number of nitrogens with zero attached hydrogens (tertiary/aromatic N) is 1. The van der Waals surface area contributed by atoms with Gasteiger partial charge in [0.1, 0.15) is 5.75 Å². The van der Waals surface area contributed by atoms with Crippen LogP contribution >= 0.6 is 0 Å². The number of nitrogens with one attached hydrogen (secondary N) is 1. The van der Waals surface area contributed by atoms with Crippen molar-refractivity contribution >= 4 is 10.8 Å². The molecule has 1 aromatic heterocycles. The summed E-state index contributed by atoms with van der Waals surface area (Å²) in [6.07, 6.45) is 0. The summed E-state index contributed by atoms with van der Waals surface area (Å²) >= 11 is 0. The van der Waals surface area contributed by atoms with E-state index in [0.29, 0.717) is 36.7 Å². The Labute approximate surface area is 133 Å². The van der Waals surface area contributed by atoms with E-state index in [-0.39, 0.29) is 5.56 Å². The fourth-order valence-electron chi connectivity index (χ4n) is 2.41. The van der Waals surface area contributed by atoms with Crippen LogP contribution in [0.15, 0.2) is 53.3 Å². The molecule has 0 saturated carbocycles. The normalized spacial score (nSPS) is 10.8. The molecule has 0 saturated heterocycles. The number of hydrogen-bond donors (Lipinski definition) is 1. The van der Waals surface area contributed by atoms with Crippen LogP contribution in [0.2, 0.25) is 0 Å². The van der Waals surface area contributed by atoms with Crippen molar-refractivity contribution in [3.63, 3.8) is 0 Å². The maximum atomic E-state index is 12.0. The summed E-state index contributed by atoms with van der Waals surface area (Å²) in [5, 5.41) is 7.97. The molecule has 1 heterocycles. The minimum absolute atomic E-state index is 0.228. The van der Waals surface area contributed by atoms with Gasteiger partial charge in [0.15, 0.2) is 0 Å². The predicted octanol–water partition coefficient (Wildman–Crippen LogP) is 3.04. The molecule has 0 spiro atoms. The molecule has 5 heteroatoms. The molecule has 23 heavy (non-hydrogen) atoms. The third kappa shape index (κ3) is 3.57. The zero-order chi connectivity index (χ0) is 16.1. The van der Waals surface area contributed by atoms with Gasteiger partial charge in [0.05, 0.1) is 30.9 Å². The molecule has 0 bridgehead atoms. The summed E-state index contributed by atoms with van der Waals surface area (Å²) < 4.78 is 11.2. The predicted molar refractivity (Wildman–Crippen MR) is 88.5 cm³/mol. The van der Waals surface area contributed by atoms with Gasteiger partial charge in [0.25, 0.3) is 5.56 Å². The standard InChI is InChI=1S/C18H18N2O3/c1-2-23-14-8-9-15-16(10-14)18(21)20-19-17(15)12-22-11-13-6-4-3-5-7-13/h3-10H,2,11-12H2,1H3,(H,20,21). The zero-order valence-corrected chi connectivity index (χ0v) is 12.9. The molecule has 118 valence electrons. The summed E-state index contributed by atoms with van der Waals surface area (Å²) in [6, 6.07) is 15.4. The Balaban J connectivity index is 1.81. The van der Waals surface area contributed by atoms with E-state index in [1.807, 2.05) is 49.4 Å². The van der Waals surface area contributed by atoms with Gasteiger partial charge in [-0.15, -0.1) is 0 Å². The highest BCUT2D eigenvalue weighted by atomic mass is 16.5. The molecule has 0 amide bonds. The van der Waals surface area contributed by atoms with Crippen molar-refractivity contribution in [3.8, 4) is 5.75 Å². The maximum Gasteiger partial charge on any atom is 0.272 e. The van der Waals surface area contributed by atoms with Gasteiger partial charge < -0.3 is 9.47 Å². The Hall–Kier alpha value is -2.66. The minimum atomic E-state index is -0.228. The topological polar surface area (TPSA) is 64.2 Å². The first-order valence-corrected chi connectivity index (χ1v) is 7.53. The number of aromatic nitrogens is 2. The van der Waals surface area contributed by atoms with Crippen LogP contribution in [-0.2, 0) is 18.0 Å². The Bertz CT molecular complexity index is 844. The van der Waals surface area contributed by atoms with Crippen LogP contribution in [0, 0.1) is 0 Å². The first kappa shape index (κ1) is 15.2. The Morgan fingerprint density at radius 2 is 1.87 bits per heavy atom. The summed E-state index contributed by atoms with van der Waals surface area (Å²) in [7, 11) is 0. The number of fused-ring (bicyclic) bond motifs is 1. The molecule has 0 aliphatic carbocycles. The Morgan fingerprint density at radius 1 is 1.04 bits per heavy atom. The van der Waals surface area contributed by atoms with Crippen LogP contribution in [-0.4, -0.2) is 16.8 Å². The average molecular weight is 310 g/mol. The van der Waals surface area contributed by atoms with Gasteiger partial charge in [-0.25, -0.2) is 5.10 Å². The van der Waals surface area contributed by atoms with Gasteiger partial charge >= 0.3 is 0 Å². The third-order valence-corrected chi connectivity index (χ3v) is 3.50. The maximum absolute atomic E-state index is 12.0. The van der Waals surface area contributed by atoms with Gasteiger partial charge in [-0.1, -0.05) is 30.3 Å². The second-order valence-corrected chi connectivity index (χ2v) is 5.12. The minimum Gasteiger partial charge on any atom is -0.494 e. The molecule has 1 N–H and O–H groups in total. The van der Waals surface area contributed by atoms with Crippen LogP contribution < -0.4 is 10.3 Å². The highest BCUT2D eigenvalue weighted by molar-refractivity contribution is 5.84. The summed E-state index contributed by atoms with van der Waals surface area (Å²) in [4.78, 5) is 12.0. The zero-order valence-electron chi connectivity index (χ0n) is 12.9. The smallest absolute Gasteiger partial charge is 0.272 e. The Morgan fingerprint density at radius 3 is 2.65 bits per heavy atom. The molecule has 0 fully saturated rings. The van der Waals surface area contributed by atoms with Gasteiger partial charge in [-0.3, -0.25) is 4.79 Å². The van der Waals surface area contributed by atoms with E-state index < -0.39 is 0 Å². The largest absolute Gasteiger partial charge is 0.494 e. The lowest BCUT2D eigenvalue weighted by Gasteiger charge is -2.08. The first-order chi connectivity index (χ1) is 11.3. The molecule has 5 nitrogen and oxygen atoms in total. The van der Waals surface area contributed by atoms with Crippen molar-refractivity contribution in [3.05, 3.63) is 70.1 Å². The van der Waals surface area contributed by atoms with Crippen LogP contribution in [0.3, 0.4) is 0 Å². The highest BCUT2D eigenvalue weighted by Gasteiger charge is 2.08. The summed E-state index contributed by atoms with van der Waals surface area (Å²) in [6.45, 7) is 3.29. The van der Waals surface area contributed by atoms with Gasteiger partial charge in [-0.2, -0.15) is 5.10 Å². The van der Waals surface area contributed by atoms with Crippen molar-refractivity contribution in [1.29, 1.82) is 0 Å². The molecule has 0 unspecified atom stereocenters. The second-order valence-electron chi connectivity index (χ2n) is 5.12. The van der Waals surface area contributed by atoms with E-state index in [0.717, 1.165) is 10.9 Å². The van der Waals surface area contributed by atoms with E-state index in [1.54, 1.807) is 6.07 Å². The van der Waals surface area contributed by atoms with Gasteiger partial charge in [0, 0.05) is 5.39 Å². The average Bonchev–Trinajstić information content (AvgIpc) is 2.58. The molecular weight excluding hydrogens is 292 g/mol. The van der Waals surface area contributed by atoms with E-state index in [9.17, 15) is 4.79 Å². The summed E-state index contributed by atoms with van der Waals surface area (Å²) in [5.41, 5.74) is 1.58. The van der Waals surface area contributed by atoms with Crippen LogP contribution in [0.1, 0.15) is 18.2 Å². The lowest BCUT2D eigenvalue weighted by atomic mass is 10.1. The highest BCUT2D eigenvalue weighted by Crippen LogP contribution is 2.20. The van der Waals surface area contributed by atoms with Crippen molar-refractivity contribution in [2.45, 2.75) is 20.1 Å². The van der Waals surface area contributed by atoms with E-state index >= 15 is 0 Å².